The number of piperidine rings is 1. The fourth-order valence-electron chi connectivity index (χ4n) is 4.71. The minimum atomic E-state index is -1.51. The second-order valence-corrected chi connectivity index (χ2v) is 9.31. The number of benzene rings is 3. The Balaban J connectivity index is 1.81. The lowest BCUT2D eigenvalue weighted by Gasteiger charge is -2.47. The first-order valence-corrected chi connectivity index (χ1v) is 12.2. The fourth-order valence-corrected chi connectivity index (χ4v) is 4.71. The van der Waals surface area contributed by atoms with Crippen LogP contribution in [0.3, 0.4) is 0 Å². The van der Waals surface area contributed by atoms with Crippen LogP contribution in [0.4, 0.5) is 14.5 Å². The van der Waals surface area contributed by atoms with Gasteiger partial charge in [0.15, 0.2) is 0 Å². The smallest absolute Gasteiger partial charge is 0.259 e. The molecule has 1 heterocycles. The first kappa shape index (κ1) is 26.0. The summed E-state index contributed by atoms with van der Waals surface area (Å²) in [6.45, 7) is 3.93. The molecule has 0 aromatic heterocycles. The van der Waals surface area contributed by atoms with E-state index in [1.165, 1.54) is 13.0 Å². The minimum absolute atomic E-state index is 0.0849. The number of amides is 3. The van der Waals surface area contributed by atoms with Gasteiger partial charge >= 0.3 is 0 Å². The van der Waals surface area contributed by atoms with Crippen LogP contribution in [0.25, 0.3) is 0 Å². The third-order valence-corrected chi connectivity index (χ3v) is 6.83. The lowest BCUT2D eigenvalue weighted by molar-refractivity contribution is -0.135. The van der Waals surface area contributed by atoms with Crippen molar-refractivity contribution < 1.29 is 23.2 Å². The number of likely N-dealkylation sites (tertiary alicyclic amines) is 1. The van der Waals surface area contributed by atoms with Gasteiger partial charge in [-0.15, -0.1) is 0 Å². The lowest BCUT2D eigenvalue weighted by Crippen LogP contribution is -2.65. The first-order valence-electron chi connectivity index (χ1n) is 12.2. The van der Waals surface area contributed by atoms with Gasteiger partial charge in [-0.1, -0.05) is 48.0 Å². The van der Waals surface area contributed by atoms with Crippen molar-refractivity contribution >= 4 is 23.4 Å². The molecule has 0 bridgehead atoms. The molecule has 0 radical (unpaired) electrons. The molecule has 0 unspecified atom stereocenters. The number of hydrogen-bond acceptors (Lipinski definition) is 3. The van der Waals surface area contributed by atoms with Gasteiger partial charge in [0.05, 0.1) is 5.69 Å². The van der Waals surface area contributed by atoms with Crippen molar-refractivity contribution in [3.63, 3.8) is 0 Å². The third kappa shape index (κ3) is 5.53. The summed E-state index contributed by atoms with van der Waals surface area (Å²) in [5.74, 6) is -2.95. The van der Waals surface area contributed by atoms with Gasteiger partial charge in [0, 0.05) is 38.2 Å². The molecule has 0 saturated carbocycles. The molecule has 1 saturated heterocycles. The van der Waals surface area contributed by atoms with Gasteiger partial charge in [-0.3, -0.25) is 19.3 Å². The molecule has 0 atom stereocenters. The van der Waals surface area contributed by atoms with E-state index in [9.17, 15) is 18.8 Å². The zero-order chi connectivity index (χ0) is 26.6. The maximum absolute atomic E-state index is 15.3. The molecule has 37 heavy (non-hydrogen) atoms. The monoisotopic (exact) mass is 505 g/mol. The van der Waals surface area contributed by atoms with Crippen molar-refractivity contribution in [2.24, 2.45) is 0 Å². The van der Waals surface area contributed by atoms with Crippen LogP contribution in [0.1, 0.15) is 41.3 Å². The maximum atomic E-state index is 15.3. The Bertz CT molecular complexity index is 1290. The van der Waals surface area contributed by atoms with Crippen molar-refractivity contribution in [1.29, 1.82) is 0 Å². The summed E-state index contributed by atoms with van der Waals surface area (Å²) in [7, 11) is 0. The quantitative estimate of drug-likeness (QED) is 0.532. The highest BCUT2D eigenvalue weighted by Crippen LogP contribution is 2.37. The maximum Gasteiger partial charge on any atom is 0.259 e. The molecule has 3 amide bonds. The molecule has 3 aromatic carbocycles. The fraction of sp³-hybridized carbons (Fsp3) is 0.276. The van der Waals surface area contributed by atoms with E-state index in [0.717, 1.165) is 22.1 Å². The van der Waals surface area contributed by atoms with Gasteiger partial charge in [0.2, 0.25) is 11.8 Å². The van der Waals surface area contributed by atoms with Gasteiger partial charge in [0.1, 0.15) is 17.2 Å². The number of carbonyl (C=O) groups is 3. The third-order valence-electron chi connectivity index (χ3n) is 6.83. The Morgan fingerprint density at radius 1 is 0.946 bits per heavy atom. The number of hydrogen-bond donors (Lipinski definition) is 1. The summed E-state index contributed by atoms with van der Waals surface area (Å²) in [6.07, 6.45) is 0.170. The normalized spacial score (nSPS) is 14.6. The van der Waals surface area contributed by atoms with Crippen LogP contribution >= 0.6 is 0 Å². The van der Waals surface area contributed by atoms with Crippen LogP contribution in [0, 0.1) is 18.6 Å². The first-order chi connectivity index (χ1) is 17.7. The highest BCUT2D eigenvalue weighted by atomic mass is 19.1. The van der Waals surface area contributed by atoms with Crippen molar-refractivity contribution in [2.45, 2.75) is 38.8 Å². The van der Waals surface area contributed by atoms with Crippen molar-refractivity contribution in [1.82, 2.24) is 10.2 Å². The van der Waals surface area contributed by atoms with Crippen LogP contribution in [0.5, 0.6) is 0 Å². The number of rotatable bonds is 6. The second-order valence-electron chi connectivity index (χ2n) is 9.31. The van der Waals surface area contributed by atoms with Gasteiger partial charge < -0.3 is 10.2 Å². The Kier molecular flexibility index (Phi) is 7.66. The van der Waals surface area contributed by atoms with Gasteiger partial charge in [0.25, 0.3) is 5.91 Å². The molecule has 192 valence electrons. The molecule has 1 aliphatic heterocycles. The van der Waals surface area contributed by atoms with Crippen molar-refractivity contribution in [3.8, 4) is 0 Å². The van der Waals surface area contributed by atoms with Gasteiger partial charge in [-0.25, -0.2) is 8.78 Å². The highest BCUT2D eigenvalue weighted by molar-refractivity contribution is 6.11. The highest BCUT2D eigenvalue weighted by Gasteiger charge is 2.50. The average Bonchev–Trinajstić information content (AvgIpc) is 2.89. The van der Waals surface area contributed by atoms with E-state index in [0.29, 0.717) is 6.07 Å². The molecular formula is C29H29F2N3O3. The average molecular weight is 506 g/mol. The Morgan fingerprint density at radius 2 is 1.59 bits per heavy atom. The van der Waals surface area contributed by atoms with E-state index >= 15 is 4.39 Å². The SMILES string of the molecule is CC(=O)N1CCC(C(=O)NCc2ccccc2)(N(C(=O)c2ccc(C)cc2)c2ccc(F)cc2F)CC1. The molecule has 6 nitrogen and oxygen atoms in total. The number of halogens is 2. The second kappa shape index (κ2) is 10.9. The largest absolute Gasteiger partial charge is 0.350 e. The molecule has 0 spiro atoms. The number of anilines is 1. The van der Waals surface area contributed by atoms with Crippen molar-refractivity contribution in [3.05, 3.63) is 101 Å². The van der Waals surface area contributed by atoms with Crippen LogP contribution in [-0.4, -0.2) is 41.2 Å². The van der Waals surface area contributed by atoms with E-state index in [1.807, 2.05) is 37.3 Å². The molecule has 1 aliphatic rings. The van der Waals surface area contributed by atoms with E-state index in [1.54, 1.807) is 29.2 Å². The molecule has 3 aromatic rings. The number of aryl methyl sites for hydroxylation is 1. The number of carbonyl (C=O) groups excluding carboxylic acids is 3. The Hall–Kier alpha value is -4.07. The van der Waals surface area contributed by atoms with Crippen LogP contribution in [-0.2, 0) is 16.1 Å². The summed E-state index contributed by atoms with van der Waals surface area (Å²) < 4.78 is 29.1. The van der Waals surface area contributed by atoms with E-state index in [-0.39, 0.29) is 49.6 Å². The molecule has 8 heteroatoms. The summed E-state index contributed by atoms with van der Waals surface area (Å²) in [4.78, 5) is 42.7. The molecule has 1 N–H and O–H groups in total. The Morgan fingerprint density at radius 3 is 2.19 bits per heavy atom. The summed E-state index contributed by atoms with van der Waals surface area (Å²) >= 11 is 0. The van der Waals surface area contributed by atoms with Crippen LogP contribution < -0.4 is 10.2 Å². The van der Waals surface area contributed by atoms with E-state index in [2.05, 4.69) is 5.32 Å². The van der Waals surface area contributed by atoms with E-state index in [4.69, 9.17) is 0 Å². The Labute approximate surface area is 214 Å². The predicted octanol–water partition coefficient (Wildman–Crippen LogP) is 4.62. The van der Waals surface area contributed by atoms with Crippen molar-refractivity contribution in [2.75, 3.05) is 18.0 Å². The molecular weight excluding hydrogens is 476 g/mol. The zero-order valence-electron chi connectivity index (χ0n) is 20.8. The number of nitrogens with one attached hydrogen (secondary N) is 1. The van der Waals surface area contributed by atoms with E-state index < -0.39 is 29.0 Å². The zero-order valence-corrected chi connectivity index (χ0v) is 20.8. The van der Waals surface area contributed by atoms with Crippen LogP contribution in [0.15, 0.2) is 72.8 Å². The number of nitrogens with zero attached hydrogens (tertiary/aromatic N) is 2. The minimum Gasteiger partial charge on any atom is -0.350 e. The lowest BCUT2D eigenvalue weighted by atomic mass is 9.83. The molecule has 1 fully saturated rings. The topological polar surface area (TPSA) is 69.7 Å². The standard InChI is InChI=1S/C29H29F2N3O3/c1-20-8-10-23(11-9-20)27(36)34(26-13-12-24(30)18-25(26)31)29(14-16-33(17-15-29)21(2)35)28(37)32-19-22-6-4-3-5-7-22/h3-13,18H,14-17,19H2,1-2H3,(H,32,37). The predicted molar refractivity (Wildman–Crippen MR) is 137 cm³/mol. The van der Waals surface area contributed by atoms with Gasteiger partial charge in [-0.05, 0) is 49.6 Å². The summed E-state index contributed by atoms with van der Waals surface area (Å²) in [6, 6.07) is 19.0. The molecule has 0 aliphatic carbocycles. The summed E-state index contributed by atoms with van der Waals surface area (Å²) in [5, 5.41) is 2.92. The summed E-state index contributed by atoms with van der Waals surface area (Å²) in [5.41, 5.74) is 0.343. The van der Waals surface area contributed by atoms with Crippen LogP contribution in [0.2, 0.25) is 0 Å². The van der Waals surface area contributed by atoms with Gasteiger partial charge in [-0.2, -0.15) is 0 Å². The molecule has 4 rings (SSSR count).